The quantitative estimate of drug-likeness (QED) is 0.0222. The van der Waals surface area contributed by atoms with Gasteiger partial charge in [0, 0.05) is 25.7 Å². The number of aliphatic hydroxyl groups excluding tert-OH is 1. The van der Waals surface area contributed by atoms with E-state index >= 15 is 0 Å². The lowest BCUT2D eigenvalue weighted by atomic mass is 10.0. The van der Waals surface area contributed by atoms with Gasteiger partial charge in [0.2, 0.25) is 0 Å². The molecule has 108 heavy (non-hydrogen) atoms. The van der Waals surface area contributed by atoms with Crippen LogP contribution in [0.4, 0.5) is 0 Å². The van der Waals surface area contributed by atoms with Crippen LogP contribution in [0.2, 0.25) is 0 Å². The maximum atomic E-state index is 13.2. The predicted octanol–water partition coefficient (Wildman–Crippen LogP) is 27.4. The Morgan fingerprint density at radius 2 is 0.426 bits per heavy atom. The Bertz CT molecular complexity index is 2060. The van der Waals surface area contributed by atoms with Gasteiger partial charge in [-0.05, 0) is 37.5 Å². The minimum absolute atomic E-state index is 0.108. The van der Waals surface area contributed by atoms with Crippen LogP contribution < -0.4 is 0 Å². The molecule has 0 aromatic heterocycles. The van der Waals surface area contributed by atoms with Crippen LogP contribution >= 0.6 is 15.6 Å². The summed E-state index contributed by atoms with van der Waals surface area (Å²) in [6, 6.07) is 0. The summed E-state index contributed by atoms with van der Waals surface area (Å²) in [4.78, 5) is 73.4. The van der Waals surface area contributed by atoms with E-state index in [9.17, 15) is 43.2 Å². The molecule has 0 fully saturated rings. The van der Waals surface area contributed by atoms with E-state index in [-0.39, 0.29) is 25.7 Å². The maximum absolute atomic E-state index is 13.2. The van der Waals surface area contributed by atoms with Crippen LogP contribution in [-0.4, -0.2) is 96.7 Å². The highest BCUT2D eigenvalue weighted by molar-refractivity contribution is 7.47. The molecule has 0 saturated carbocycles. The van der Waals surface area contributed by atoms with Gasteiger partial charge in [-0.25, -0.2) is 9.13 Å². The molecule has 642 valence electrons. The van der Waals surface area contributed by atoms with Gasteiger partial charge in [-0.1, -0.05) is 427 Å². The lowest BCUT2D eigenvalue weighted by molar-refractivity contribution is -0.161. The summed E-state index contributed by atoms with van der Waals surface area (Å²) >= 11 is 0. The van der Waals surface area contributed by atoms with Gasteiger partial charge in [0.1, 0.15) is 19.3 Å². The number of aliphatic hydroxyl groups is 1. The van der Waals surface area contributed by atoms with Crippen molar-refractivity contribution < 1.29 is 80.2 Å². The summed E-state index contributed by atoms with van der Waals surface area (Å²) in [6.07, 6.45) is 73.6. The molecule has 0 aliphatic rings. The second-order valence-corrected chi connectivity index (χ2v) is 35.8. The number of carbonyl (C=O) groups is 4. The summed E-state index contributed by atoms with van der Waals surface area (Å²) in [5, 5.41) is 10.7. The smallest absolute Gasteiger partial charge is 0.462 e. The molecular formula is C89H174O17P2. The molecule has 0 amide bonds. The van der Waals surface area contributed by atoms with Crippen molar-refractivity contribution in [1.29, 1.82) is 0 Å². The van der Waals surface area contributed by atoms with E-state index in [0.29, 0.717) is 25.7 Å². The number of carbonyl (C=O) groups excluding carboxylic acids is 4. The zero-order chi connectivity index (χ0) is 79.2. The minimum Gasteiger partial charge on any atom is -0.462 e. The first-order valence-corrected chi connectivity index (χ1v) is 49.0. The third kappa shape index (κ3) is 82.1. The van der Waals surface area contributed by atoms with Crippen molar-refractivity contribution >= 4 is 39.5 Å². The lowest BCUT2D eigenvalue weighted by Gasteiger charge is -2.21. The number of hydrogen-bond acceptors (Lipinski definition) is 15. The van der Waals surface area contributed by atoms with E-state index in [1.54, 1.807) is 0 Å². The molecule has 0 spiro atoms. The van der Waals surface area contributed by atoms with Gasteiger partial charge < -0.3 is 33.8 Å². The normalized spacial score (nSPS) is 13.8. The SMILES string of the molecule is CCCCCCCCCCCCCCCCCCCCCCCCC(=O)O[C@H](COC(=O)CCCCCCCCCCCCCCCCCC(C)C)COP(=O)(O)OC[C@@H](O)COP(=O)(O)OC[C@@H](COC(=O)CCCCCCCCCCCCCCC)OC(=O)CCCCCCCCCCCCCCC(C)C. The predicted molar refractivity (Wildman–Crippen MR) is 446 cm³/mol. The summed E-state index contributed by atoms with van der Waals surface area (Å²) in [7, 11) is -9.93. The van der Waals surface area contributed by atoms with Gasteiger partial charge in [-0.2, -0.15) is 0 Å². The first-order valence-electron chi connectivity index (χ1n) is 46.0. The van der Waals surface area contributed by atoms with Gasteiger partial charge in [-0.3, -0.25) is 37.3 Å². The van der Waals surface area contributed by atoms with Crippen LogP contribution in [-0.2, 0) is 65.4 Å². The molecule has 17 nitrogen and oxygen atoms in total. The zero-order valence-electron chi connectivity index (χ0n) is 71.2. The Morgan fingerprint density at radius 3 is 0.630 bits per heavy atom. The molecule has 0 heterocycles. The highest BCUT2D eigenvalue weighted by Gasteiger charge is 2.31. The van der Waals surface area contributed by atoms with E-state index in [4.69, 9.17) is 37.0 Å². The van der Waals surface area contributed by atoms with E-state index in [1.807, 2.05) is 0 Å². The molecule has 0 aliphatic heterocycles. The van der Waals surface area contributed by atoms with Crippen LogP contribution in [0.1, 0.15) is 478 Å². The van der Waals surface area contributed by atoms with Crippen LogP contribution in [0.5, 0.6) is 0 Å². The van der Waals surface area contributed by atoms with Crippen molar-refractivity contribution in [3.8, 4) is 0 Å². The summed E-state index contributed by atoms with van der Waals surface area (Å²) in [5.74, 6) is -0.514. The Balaban J connectivity index is 5.25. The molecule has 0 aromatic carbocycles. The molecular weight excluding hydrogens is 1400 g/mol. The zero-order valence-corrected chi connectivity index (χ0v) is 73.0. The summed E-state index contributed by atoms with van der Waals surface area (Å²) in [5.41, 5.74) is 0. The van der Waals surface area contributed by atoms with Gasteiger partial charge in [0.15, 0.2) is 12.2 Å². The van der Waals surface area contributed by atoms with Crippen LogP contribution in [0.3, 0.4) is 0 Å². The second kappa shape index (κ2) is 80.3. The van der Waals surface area contributed by atoms with Crippen LogP contribution in [0.25, 0.3) is 0 Å². The molecule has 5 atom stereocenters. The van der Waals surface area contributed by atoms with Crippen molar-refractivity contribution in [2.45, 2.75) is 496 Å². The molecule has 0 saturated heterocycles. The molecule has 2 unspecified atom stereocenters. The second-order valence-electron chi connectivity index (χ2n) is 32.9. The fraction of sp³-hybridized carbons (Fsp3) is 0.955. The molecule has 0 rings (SSSR count). The third-order valence-electron chi connectivity index (χ3n) is 21.0. The van der Waals surface area contributed by atoms with Crippen molar-refractivity contribution in [3.05, 3.63) is 0 Å². The average Bonchev–Trinajstić information content (AvgIpc) is 0.893. The Labute approximate surface area is 664 Å². The molecule has 0 bridgehead atoms. The lowest BCUT2D eigenvalue weighted by Crippen LogP contribution is -2.30. The van der Waals surface area contributed by atoms with Gasteiger partial charge in [0.25, 0.3) is 0 Å². The first-order chi connectivity index (χ1) is 52.4. The minimum atomic E-state index is -4.97. The molecule has 0 aliphatic carbocycles. The summed E-state index contributed by atoms with van der Waals surface area (Å²) < 4.78 is 69.0. The Hall–Kier alpha value is -1.94. The maximum Gasteiger partial charge on any atom is 0.472 e. The number of phosphoric acid groups is 2. The van der Waals surface area contributed by atoms with E-state index in [1.165, 1.54) is 295 Å². The number of hydrogen-bond donors (Lipinski definition) is 3. The number of ether oxygens (including phenoxy) is 4. The molecule has 0 radical (unpaired) electrons. The van der Waals surface area contributed by atoms with E-state index in [0.717, 1.165) is 102 Å². The monoisotopic (exact) mass is 1580 g/mol. The van der Waals surface area contributed by atoms with Crippen molar-refractivity contribution in [2.24, 2.45) is 11.8 Å². The number of unbranched alkanes of at least 4 members (excludes halogenated alkanes) is 58. The van der Waals surface area contributed by atoms with Crippen molar-refractivity contribution in [3.63, 3.8) is 0 Å². The van der Waals surface area contributed by atoms with Crippen LogP contribution in [0.15, 0.2) is 0 Å². The summed E-state index contributed by atoms with van der Waals surface area (Å²) in [6.45, 7) is 9.73. The van der Waals surface area contributed by atoms with Crippen molar-refractivity contribution in [2.75, 3.05) is 39.6 Å². The highest BCUT2D eigenvalue weighted by atomic mass is 31.2. The van der Waals surface area contributed by atoms with Gasteiger partial charge in [0.05, 0.1) is 26.4 Å². The standard InChI is InChI=1S/C89H174O17P2/c1-7-9-11-13-15-17-19-21-22-23-24-25-26-27-28-31-36-43-49-55-61-67-73-88(93)105-84(78-100-87(92)72-66-60-54-48-42-35-32-29-30-34-39-45-51-57-63-69-81(3)4)79-103-107(95,96)101-75-83(90)76-102-108(97,98)104-80-85(77-99-86(91)71-65-59-53-47-41-33-20-18-16-14-12-10-8-2)106-89(94)74-68-62-56-50-44-38-37-40-46-52-58-64-70-82(5)6/h81-85,90H,7-80H2,1-6H3,(H,95,96)(H,97,98)/t83-,84-,85-/m1/s1. The number of rotatable bonds is 88. The molecule has 3 N–H and O–H groups in total. The van der Waals surface area contributed by atoms with Gasteiger partial charge in [-0.15, -0.1) is 0 Å². The highest BCUT2D eigenvalue weighted by Crippen LogP contribution is 2.45. The average molecular weight is 1580 g/mol. The Kier molecular flexibility index (Phi) is 78.8. The Morgan fingerprint density at radius 1 is 0.250 bits per heavy atom. The van der Waals surface area contributed by atoms with Crippen LogP contribution in [0, 0.1) is 11.8 Å². The third-order valence-corrected chi connectivity index (χ3v) is 22.9. The molecule has 19 heteroatoms. The van der Waals surface area contributed by atoms with E-state index in [2.05, 4.69) is 41.5 Å². The number of phosphoric ester groups is 2. The van der Waals surface area contributed by atoms with E-state index < -0.39 is 97.5 Å². The fourth-order valence-corrected chi connectivity index (χ4v) is 15.5. The number of esters is 4. The molecule has 0 aromatic rings. The first kappa shape index (κ1) is 106. The van der Waals surface area contributed by atoms with Crippen molar-refractivity contribution in [1.82, 2.24) is 0 Å². The topological polar surface area (TPSA) is 237 Å². The fourth-order valence-electron chi connectivity index (χ4n) is 14.0. The largest absolute Gasteiger partial charge is 0.472 e. The van der Waals surface area contributed by atoms with Gasteiger partial charge >= 0.3 is 39.5 Å².